The van der Waals surface area contributed by atoms with Crippen LogP contribution in [0.1, 0.15) is 55.1 Å². The number of carbonyl (C=O) groups is 1. The van der Waals surface area contributed by atoms with Crippen molar-refractivity contribution in [2.75, 3.05) is 0 Å². The van der Waals surface area contributed by atoms with Crippen molar-refractivity contribution in [3.05, 3.63) is 22.4 Å². The third-order valence-corrected chi connectivity index (χ3v) is 6.97. The SMILES string of the molecule is CC(NC(=O)c1cccs1)C12CC3CC(CC(C3)C1)C2. The summed E-state index contributed by atoms with van der Waals surface area (Å²) in [5.74, 6) is 2.97. The van der Waals surface area contributed by atoms with Crippen LogP contribution in [0.3, 0.4) is 0 Å². The maximum Gasteiger partial charge on any atom is 0.261 e. The van der Waals surface area contributed by atoms with Crippen LogP contribution in [0.5, 0.6) is 0 Å². The van der Waals surface area contributed by atoms with Gasteiger partial charge in [-0.25, -0.2) is 0 Å². The van der Waals surface area contributed by atoms with Crippen molar-refractivity contribution in [3.8, 4) is 0 Å². The number of thiophene rings is 1. The largest absolute Gasteiger partial charge is 0.348 e. The summed E-state index contributed by atoms with van der Waals surface area (Å²) in [6.45, 7) is 2.25. The summed E-state index contributed by atoms with van der Waals surface area (Å²) in [5.41, 5.74) is 0.404. The van der Waals surface area contributed by atoms with E-state index in [4.69, 9.17) is 0 Å². The Bertz CT molecular complexity index is 472. The molecule has 4 fully saturated rings. The Balaban J connectivity index is 1.51. The summed E-state index contributed by atoms with van der Waals surface area (Å²) in [7, 11) is 0. The molecular formula is C17H23NOS. The summed E-state index contributed by atoms with van der Waals surface area (Å²) < 4.78 is 0. The van der Waals surface area contributed by atoms with Gasteiger partial charge >= 0.3 is 0 Å². The van der Waals surface area contributed by atoms with Gasteiger partial charge in [0, 0.05) is 6.04 Å². The van der Waals surface area contributed by atoms with E-state index in [1.54, 1.807) is 0 Å². The van der Waals surface area contributed by atoms with Crippen LogP contribution in [0.15, 0.2) is 17.5 Å². The molecule has 2 nitrogen and oxygen atoms in total. The van der Waals surface area contributed by atoms with E-state index >= 15 is 0 Å². The number of rotatable bonds is 3. The highest BCUT2D eigenvalue weighted by Gasteiger charge is 2.53. The maximum absolute atomic E-state index is 12.3. The van der Waals surface area contributed by atoms with Crippen molar-refractivity contribution in [2.24, 2.45) is 23.2 Å². The molecule has 4 aliphatic rings. The van der Waals surface area contributed by atoms with Gasteiger partial charge in [-0.15, -0.1) is 11.3 Å². The zero-order valence-electron chi connectivity index (χ0n) is 12.1. The molecule has 1 aromatic heterocycles. The lowest BCUT2D eigenvalue weighted by Gasteiger charge is -2.59. The van der Waals surface area contributed by atoms with Crippen molar-refractivity contribution < 1.29 is 4.79 Å². The van der Waals surface area contributed by atoms with E-state index in [0.29, 0.717) is 11.5 Å². The zero-order chi connectivity index (χ0) is 13.7. The Morgan fingerprint density at radius 2 is 1.85 bits per heavy atom. The normalized spacial score (nSPS) is 39.8. The standard InChI is InChI=1S/C17H23NOS/c1-11(18-16(19)15-3-2-4-20-15)17-8-12-5-13(9-17)7-14(6-12)10-17/h2-4,11-14H,5-10H2,1H3,(H,18,19). The lowest BCUT2D eigenvalue weighted by Crippen LogP contribution is -2.55. The van der Waals surface area contributed by atoms with Gasteiger partial charge in [-0.1, -0.05) is 6.07 Å². The first kappa shape index (κ1) is 12.9. The molecule has 1 atom stereocenters. The highest BCUT2D eigenvalue weighted by Crippen LogP contribution is 2.61. The maximum atomic E-state index is 12.3. The van der Waals surface area contributed by atoms with Crippen molar-refractivity contribution in [2.45, 2.75) is 51.5 Å². The van der Waals surface area contributed by atoms with Crippen molar-refractivity contribution in [3.63, 3.8) is 0 Å². The molecule has 20 heavy (non-hydrogen) atoms. The Kier molecular flexibility index (Phi) is 2.95. The molecule has 1 heterocycles. The molecule has 4 aliphatic carbocycles. The fraction of sp³-hybridized carbons (Fsp3) is 0.706. The second-order valence-electron chi connectivity index (χ2n) is 7.45. The van der Waals surface area contributed by atoms with Crippen LogP contribution in [0.4, 0.5) is 0 Å². The third-order valence-electron chi connectivity index (χ3n) is 6.10. The minimum absolute atomic E-state index is 0.128. The van der Waals surface area contributed by atoms with Gasteiger partial charge in [0.2, 0.25) is 0 Å². The molecule has 108 valence electrons. The second kappa shape index (κ2) is 4.59. The van der Waals surface area contributed by atoms with Crippen LogP contribution in [0, 0.1) is 23.2 Å². The van der Waals surface area contributed by atoms with E-state index in [9.17, 15) is 4.79 Å². The molecule has 5 rings (SSSR count). The minimum Gasteiger partial charge on any atom is -0.348 e. The molecule has 1 N–H and O–H groups in total. The van der Waals surface area contributed by atoms with Gasteiger partial charge in [-0.05, 0) is 80.1 Å². The van der Waals surface area contributed by atoms with Crippen LogP contribution in [0.25, 0.3) is 0 Å². The molecular weight excluding hydrogens is 266 g/mol. The summed E-state index contributed by atoms with van der Waals surface area (Å²) in [6, 6.07) is 4.20. The molecule has 0 saturated heterocycles. The molecule has 1 aromatic rings. The van der Waals surface area contributed by atoms with Gasteiger partial charge in [-0.2, -0.15) is 0 Å². The Hall–Kier alpha value is -0.830. The Morgan fingerprint density at radius 3 is 2.35 bits per heavy atom. The van der Waals surface area contributed by atoms with Crippen molar-refractivity contribution in [1.29, 1.82) is 0 Å². The average molecular weight is 289 g/mol. The molecule has 1 amide bonds. The van der Waals surface area contributed by atoms with E-state index in [1.165, 1.54) is 49.9 Å². The van der Waals surface area contributed by atoms with E-state index in [2.05, 4.69) is 12.2 Å². The number of hydrogen-bond donors (Lipinski definition) is 1. The molecule has 0 spiro atoms. The van der Waals surface area contributed by atoms with Crippen molar-refractivity contribution in [1.82, 2.24) is 5.32 Å². The molecule has 4 bridgehead atoms. The average Bonchev–Trinajstić information content (AvgIpc) is 2.90. The fourth-order valence-electron chi connectivity index (χ4n) is 5.54. The van der Waals surface area contributed by atoms with E-state index in [-0.39, 0.29) is 5.91 Å². The smallest absolute Gasteiger partial charge is 0.261 e. The van der Waals surface area contributed by atoms with Gasteiger partial charge in [0.15, 0.2) is 0 Å². The molecule has 0 radical (unpaired) electrons. The second-order valence-corrected chi connectivity index (χ2v) is 8.40. The predicted octanol–water partition coefficient (Wildman–Crippen LogP) is 4.08. The highest BCUT2D eigenvalue weighted by molar-refractivity contribution is 7.12. The van der Waals surface area contributed by atoms with E-state index in [0.717, 1.165) is 22.6 Å². The number of hydrogen-bond acceptors (Lipinski definition) is 2. The third kappa shape index (κ3) is 2.02. The topological polar surface area (TPSA) is 29.1 Å². The molecule has 4 saturated carbocycles. The van der Waals surface area contributed by atoms with Crippen LogP contribution in [0.2, 0.25) is 0 Å². The predicted molar refractivity (Wildman–Crippen MR) is 81.9 cm³/mol. The first-order valence-electron chi connectivity index (χ1n) is 7.99. The molecule has 3 heteroatoms. The first-order valence-corrected chi connectivity index (χ1v) is 8.87. The van der Waals surface area contributed by atoms with Crippen LogP contribution in [-0.4, -0.2) is 11.9 Å². The van der Waals surface area contributed by atoms with Crippen molar-refractivity contribution >= 4 is 17.2 Å². The lowest BCUT2D eigenvalue weighted by molar-refractivity contribution is -0.0687. The van der Waals surface area contributed by atoms with E-state index in [1.807, 2.05) is 17.5 Å². The van der Waals surface area contributed by atoms with Gasteiger partial charge in [0.05, 0.1) is 4.88 Å². The molecule has 0 aromatic carbocycles. The van der Waals surface area contributed by atoms with Crippen LogP contribution >= 0.6 is 11.3 Å². The fourth-order valence-corrected chi connectivity index (χ4v) is 6.16. The molecule has 1 unspecified atom stereocenters. The summed E-state index contributed by atoms with van der Waals surface area (Å²) >= 11 is 1.54. The van der Waals surface area contributed by atoms with E-state index < -0.39 is 0 Å². The monoisotopic (exact) mass is 289 g/mol. The minimum atomic E-state index is 0.128. The Morgan fingerprint density at radius 1 is 1.25 bits per heavy atom. The number of nitrogens with one attached hydrogen (secondary N) is 1. The summed E-state index contributed by atoms with van der Waals surface area (Å²) in [6.07, 6.45) is 8.45. The van der Waals surface area contributed by atoms with Gasteiger partial charge in [0.25, 0.3) is 5.91 Å². The number of carbonyl (C=O) groups excluding carboxylic acids is 1. The van der Waals surface area contributed by atoms with Gasteiger partial charge < -0.3 is 5.32 Å². The van der Waals surface area contributed by atoms with Gasteiger partial charge in [0.1, 0.15) is 0 Å². The zero-order valence-corrected chi connectivity index (χ0v) is 12.9. The van der Waals surface area contributed by atoms with Crippen LogP contribution < -0.4 is 5.32 Å². The Labute approximate surface area is 125 Å². The van der Waals surface area contributed by atoms with Crippen LogP contribution in [-0.2, 0) is 0 Å². The quantitative estimate of drug-likeness (QED) is 0.892. The van der Waals surface area contributed by atoms with Gasteiger partial charge in [-0.3, -0.25) is 4.79 Å². The molecule has 0 aliphatic heterocycles. The highest BCUT2D eigenvalue weighted by atomic mass is 32.1. The summed E-state index contributed by atoms with van der Waals surface area (Å²) in [5, 5.41) is 5.29. The lowest BCUT2D eigenvalue weighted by atomic mass is 9.48. The summed E-state index contributed by atoms with van der Waals surface area (Å²) in [4.78, 5) is 13.2. The first-order chi connectivity index (χ1) is 9.64. The number of amides is 1.